The van der Waals surface area contributed by atoms with Gasteiger partial charge in [0.2, 0.25) is 5.84 Å². The Kier molecular flexibility index (Phi) is 8.47. The van der Waals surface area contributed by atoms with Gasteiger partial charge in [0.15, 0.2) is 11.9 Å². The number of halogens is 4. The number of rotatable bonds is 7. The van der Waals surface area contributed by atoms with E-state index in [-0.39, 0.29) is 29.7 Å². The van der Waals surface area contributed by atoms with Crippen molar-refractivity contribution in [3.63, 3.8) is 0 Å². The van der Waals surface area contributed by atoms with Gasteiger partial charge in [-0.1, -0.05) is 23.7 Å². The second-order valence-electron chi connectivity index (χ2n) is 8.44. The number of hydrogen-bond acceptors (Lipinski definition) is 6. The third-order valence-corrected chi connectivity index (χ3v) is 5.96. The molecule has 0 bridgehead atoms. The van der Waals surface area contributed by atoms with Gasteiger partial charge in [0.1, 0.15) is 19.4 Å². The molecule has 0 aliphatic carbocycles. The first-order valence-electron chi connectivity index (χ1n) is 11.7. The lowest BCUT2D eigenvalue weighted by atomic mass is 10.1. The van der Waals surface area contributed by atoms with Gasteiger partial charge in [0.25, 0.3) is 5.91 Å². The Morgan fingerprint density at radius 3 is 2.59 bits per heavy atom. The molecule has 0 spiro atoms. The zero-order valence-corrected chi connectivity index (χ0v) is 21.1. The summed E-state index contributed by atoms with van der Waals surface area (Å²) in [5.74, 6) is -0.576. The number of nitrogens with zero attached hydrogens (tertiary/aromatic N) is 5. The summed E-state index contributed by atoms with van der Waals surface area (Å²) < 4.78 is 41.1. The second-order valence-corrected chi connectivity index (χ2v) is 8.87. The molecule has 0 saturated carbocycles. The Morgan fingerprint density at radius 2 is 1.92 bits per heavy atom. The number of nitrogens with two attached hydrogens (primary N) is 1. The van der Waals surface area contributed by atoms with E-state index in [1.807, 2.05) is 0 Å². The summed E-state index contributed by atoms with van der Waals surface area (Å²) in [6.45, 7) is -0.543. The molecule has 4 rings (SSSR count). The highest BCUT2D eigenvalue weighted by Gasteiger charge is 2.41. The molecule has 0 unspecified atom stereocenters. The fourth-order valence-electron chi connectivity index (χ4n) is 3.68. The van der Waals surface area contributed by atoms with Crippen LogP contribution in [0.5, 0.6) is 0 Å². The number of alkyl halides is 3. The number of hydroxylamine groups is 2. The molecule has 39 heavy (non-hydrogen) atoms. The molecule has 1 atom stereocenters. The predicted molar refractivity (Wildman–Crippen MR) is 132 cm³/mol. The van der Waals surface area contributed by atoms with Crippen LogP contribution in [0.2, 0.25) is 5.02 Å². The number of hydrogen-bond donors (Lipinski definition) is 3. The van der Waals surface area contributed by atoms with E-state index in [4.69, 9.17) is 22.2 Å². The molecule has 4 N–H and O–H groups in total. The smallest absolute Gasteiger partial charge is 0.381 e. The van der Waals surface area contributed by atoms with Gasteiger partial charge in [-0.15, -0.1) is 5.10 Å². The van der Waals surface area contributed by atoms with E-state index in [9.17, 15) is 27.9 Å². The highest BCUT2D eigenvalue weighted by Crippen LogP contribution is 2.21. The van der Waals surface area contributed by atoms with Crippen molar-refractivity contribution in [2.75, 3.05) is 19.7 Å². The molecule has 1 aliphatic heterocycles. The average Bonchev–Trinajstić information content (AvgIpc) is 3.62. The lowest BCUT2D eigenvalue weighted by Crippen LogP contribution is -2.47. The van der Waals surface area contributed by atoms with Crippen LogP contribution in [0, 0.1) is 0 Å². The minimum Gasteiger partial charge on any atom is -0.381 e. The number of nitrogens with one attached hydrogen (secondary N) is 1. The van der Waals surface area contributed by atoms with Gasteiger partial charge in [-0.2, -0.15) is 17.7 Å². The summed E-state index contributed by atoms with van der Waals surface area (Å²) in [4.78, 5) is 35.2. The molecule has 206 valence electrons. The van der Waals surface area contributed by atoms with Crippen LogP contribution in [0.4, 0.5) is 18.0 Å². The molecule has 1 aromatic heterocycles. The van der Waals surface area contributed by atoms with Crippen molar-refractivity contribution < 1.29 is 37.3 Å². The number of benzene rings is 2. The summed E-state index contributed by atoms with van der Waals surface area (Å²) in [6.07, 6.45) is -5.78. The van der Waals surface area contributed by atoms with Crippen LogP contribution in [0.3, 0.4) is 0 Å². The molecular weight excluding hydrogens is 543 g/mol. The van der Waals surface area contributed by atoms with Crippen LogP contribution in [0.15, 0.2) is 54.9 Å². The quantitative estimate of drug-likeness (QED) is 0.226. The fraction of sp³-hybridized carbons (Fsp3) is 0.292. The monoisotopic (exact) mass is 566 g/mol. The number of amidine groups is 1. The molecule has 3 aromatic rings. The van der Waals surface area contributed by atoms with E-state index in [0.29, 0.717) is 34.0 Å². The van der Waals surface area contributed by atoms with E-state index in [0.717, 1.165) is 6.42 Å². The van der Waals surface area contributed by atoms with Crippen LogP contribution >= 0.6 is 11.6 Å². The van der Waals surface area contributed by atoms with Crippen LogP contribution < -0.4 is 11.1 Å². The molecular formula is C24H24ClF3N7O4+. The van der Waals surface area contributed by atoms with Crippen molar-refractivity contribution >= 4 is 29.4 Å². The molecule has 2 heterocycles. The van der Waals surface area contributed by atoms with Crippen LogP contribution in [-0.2, 0) is 11.4 Å². The average molecular weight is 567 g/mol. The minimum absolute atomic E-state index is 0.101. The van der Waals surface area contributed by atoms with Crippen LogP contribution in [0.25, 0.3) is 5.69 Å². The number of para-hydroxylation sites is 1. The Hall–Kier alpha value is -4.01. The molecule has 0 radical (unpaired) electrons. The third-order valence-electron chi connectivity index (χ3n) is 5.71. The van der Waals surface area contributed by atoms with Crippen molar-refractivity contribution in [1.82, 2.24) is 25.1 Å². The Morgan fingerprint density at radius 1 is 1.21 bits per heavy atom. The highest BCUT2D eigenvalue weighted by atomic mass is 35.5. The zero-order chi connectivity index (χ0) is 28.2. The summed E-state index contributed by atoms with van der Waals surface area (Å²) in [5.41, 5.74) is 6.96. The third kappa shape index (κ3) is 6.71. The molecule has 2 aromatic carbocycles. The molecule has 11 nitrogen and oxygen atoms in total. The number of aromatic nitrogens is 3. The van der Waals surface area contributed by atoms with Gasteiger partial charge in [0, 0.05) is 10.6 Å². The molecule has 1 aliphatic rings. The van der Waals surface area contributed by atoms with Gasteiger partial charge in [-0.3, -0.25) is 14.9 Å². The number of urea groups is 1. The van der Waals surface area contributed by atoms with Gasteiger partial charge < -0.3 is 10.8 Å². The maximum atomic E-state index is 13.1. The number of aliphatic hydroxyl groups excluding tert-OH is 1. The largest absolute Gasteiger partial charge is 0.436 e. The van der Waals surface area contributed by atoms with E-state index < -0.39 is 24.9 Å². The van der Waals surface area contributed by atoms with E-state index in [1.165, 1.54) is 40.3 Å². The normalized spacial score (nSPS) is 15.2. The molecule has 15 heteroatoms. The van der Waals surface area contributed by atoms with Crippen molar-refractivity contribution in [1.29, 1.82) is 0 Å². The molecule has 1 fully saturated rings. The van der Waals surface area contributed by atoms with E-state index in [1.54, 1.807) is 24.3 Å². The van der Waals surface area contributed by atoms with Crippen LogP contribution in [-0.4, -0.2) is 79.3 Å². The summed E-state index contributed by atoms with van der Waals surface area (Å²) >= 11 is 5.85. The van der Waals surface area contributed by atoms with Crippen molar-refractivity contribution in [2.24, 2.45) is 5.73 Å². The lowest BCUT2D eigenvalue weighted by Gasteiger charge is -2.17. The second kappa shape index (κ2) is 11.8. The standard InChI is InChI=1S/C24H23ClF3N7O4/c25-16-8-6-15(7-9-16)21(29)33(13-19(36)24(26,27)28)23(38)30-12-20-31-14-34(32-20)18-5-2-1-4-17(18)22(37)35-10-3-11-39-35/h1-2,4-9,14,19,29,36H,3,10-13H2,(H,30,38)/p+1/t19-/m0/s1. The fourth-order valence-corrected chi connectivity index (χ4v) is 3.81. The summed E-state index contributed by atoms with van der Waals surface area (Å²) in [6, 6.07) is 11.4. The Balaban J connectivity index is 1.53. The number of aliphatic hydroxyl groups is 1. The van der Waals surface area contributed by atoms with Crippen molar-refractivity contribution in [3.8, 4) is 5.69 Å². The van der Waals surface area contributed by atoms with E-state index in [2.05, 4.69) is 15.4 Å². The number of amides is 3. The SMILES string of the molecule is N/C(c1ccc(Cl)cc1)=[N+](/C[C@H](O)C(F)(F)F)C(=O)NCc1ncn(-c2ccccc2C(=O)N2CCCO2)n1. The first-order chi connectivity index (χ1) is 18.5. The molecule has 1 saturated heterocycles. The van der Waals surface area contributed by atoms with Crippen LogP contribution in [0.1, 0.15) is 28.2 Å². The first kappa shape index (κ1) is 28.0. The summed E-state index contributed by atoms with van der Waals surface area (Å²) in [5, 5.41) is 17.9. The maximum absolute atomic E-state index is 13.1. The topological polar surface area (TPSA) is 139 Å². The summed E-state index contributed by atoms with van der Waals surface area (Å²) in [7, 11) is 0. The number of carbonyl (C=O) groups is 2. The van der Waals surface area contributed by atoms with Crippen molar-refractivity contribution in [3.05, 3.63) is 76.8 Å². The highest BCUT2D eigenvalue weighted by molar-refractivity contribution is 6.30. The Bertz CT molecular complexity index is 1370. The first-order valence-corrected chi connectivity index (χ1v) is 12.1. The van der Waals surface area contributed by atoms with Gasteiger partial charge in [-0.05, 0) is 42.8 Å². The predicted octanol–water partition coefficient (Wildman–Crippen LogP) is 2.25. The number of carbonyl (C=O) groups excluding carboxylic acids is 2. The molecule has 3 amide bonds. The van der Waals surface area contributed by atoms with Crippen molar-refractivity contribution in [2.45, 2.75) is 25.2 Å². The zero-order valence-electron chi connectivity index (χ0n) is 20.3. The van der Waals surface area contributed by atoms with Gasteiger partial charge in [-0.25, -0.2) is 19.5 Å². The van der Waals surface area contributed by atoms with Gasteiger partial charge >= 0.3 is 12.2 Å². The lowest BCUT2D eigenvalue weighted by molar-refractivity contribution is -0.455. The minimum atomic E-state index is -4.98. The van der Waals surface area contributed by atoms with Gasteiger partial charge in [0.05, 0.1) is 24.4 Å². The maximum Gasteiger partial charge on any atom is 0.436 e. The van der Waals surface area contributed by atoms with E-state index >= 15 is 0 Å². The Labute approximate surface area is 225 Å².